The lowest BCUT2D eigenvalue weighted by molar-refractivity contribution is 0.100. The Morgan fingerprint density at radius 3 is 2.52 bits per heavy atom. The number of hydrazine groups is 1. The molecule has 1 unspecified atom stereocenters. The molecule has 1 fully saturated rings. The first-order valence-electron chi connectivity index (χ1n) is 11.1. The number of halogens is 1. The Labute approximate surface area is 185 Å². The number of nitrogens with zero attached hydrogens (tertiary/aromatic N) is 2. The van der Waals surface area contributed by atoms with Gasteiger partial charge in [0.25, 0.3) is 0 Å². The number of ether oxygens (including phenoxy) is 2. The summed E-state index contributed by atoms with van der Waals surface area (Å²) < 4.78 is 25.9. The van der Waals surface area contributed by atoms with Crippen molar-refractivity contribution < 1.29 is 18.7 Å². The Bertz CT molecular complexity index is 763. The smallest absolute Gasteiger partial charge is 0.410 e. The summed E-state index contributed by atoms with van der Waals surface area (Å²) in [6.07, 6.45) is 6.75. The van der Waals surface area contributed by atoms with Gasteiger partial charge in [0.15, 0.2) is 11.6 Å². The summed E-state index contributed by atoms with van der Waals surface area (Å²) in [5.74, 6) is 5.66. The fourth-order valence-corrected chi connectivity index (χ4v) is 3.69. The lowest BCUT2D eigenvalue weighted by Crippen LogP contribution is -2.37. The van der Waals surface area contributed by atoms with Crippen LogP contribution in [0.1, 0.15) is 64.4 Å². The minimum Gasteiger partial charge on any atom is -0.487 e. The van der Waals surface area contributed by atoms with E-state index in [9.17, 15) is 9.18 Å². The maximum absolute atomic E-state index is 14.7. The zero-order chi connectivity index (χ0) is 23.0. The zero-order valence-electron chi connectivity index (χ0n) is 19.2. The minimum absolute atomic E-state index is 0.0548. The first kappa shape index (κ1) is 24.8. The van der Waals surface area contributed by atoms with Gasteiger partial charge in [-0.2, -0.15) is 0 Å². The van der Waals surface area contributed by atoms with Gasteiger partial charge >= 0.3 is 6.09 Å². The van der Waals surface area contributed by atoms with Crippen LogP contribution in [-0.2, 0) is 4.74 Å². The Kier molecular flexibility index (Phi) is 9.43. The maximum Gasteiger partial charge on any atom is 0.410 e. The molecule has 0 saturated heterocycles. The molecule has 0 aromatic heterocycles. The molecule has 0 bridgehead atoms. The Balaban J connectivity index is 2.11. The molecule has 0 radical (unpaired) electrons. The van der Waals surface area contributed by atoms with E-state index in [1.807, 2.05) is 6.92 Å². The number of benzene rings is 1. The average molecular weight is 437 g/mol. The van der Waals surface area contributed by atoms with Gasteiger partial charge in [-0.3, -0.25) is 0 Å². The highest BCUT2D eigenvalue weighted by atomic mass is 19.1. The second-order valence-corrected chi connectivity index (χ2v) is 8.30. The highest BCUT2D eigenvalue weighted by Gasteiger charge is 2.20. The maximum atomic E-state index is 14.7. The molecular formula is C23H37FN4O3. The SMILES string of the molecule is CCCC(C)N(C)C(=O)OC/C(=C(/N)c1ccc(OC2CCCCC2)c(F)c1)N(C)N. The molecule has 0 heterocycles. The molecule has 0 aliphatic heterocycles. The molecule has 174 valence electrons. The van der Waals surface area contributed by atoms with E-state index in [0.29, 0.717) is 11.3 Å². The van der Waals surface area contributed by atoms with E-state index in [-0.39, 0.29) is 30.2 Å². The Morgan fingerprint density at radius 2 is 1.94 bits per heavy atom. The number of hydrogen-bond acceptors (Lipinski definition) is 6. The summed E-state index contributed by atoms with van der Waals surface area (Å²) >= 11 is 0. The highest BCUT2D eigenvalue weighted by molar-refractivity contribution is 5.69. The van der Waals surface area contributed by atoms with Gasteiger partial charge in [-0.1, -0.05) is 19.8 Å². The third kappa shape index (κ3) is 7.02. The van der Waals surface area contributed by atoms with Crippen molar-refractivity contribution in [3.05, 3.63) is 35.3 Å². The van der Waals surface area contributed by atoms with E-state index >= 15 is 0 Å². The number of hydrogen-bond donors (Lipinski definition) is 2. The molecule has 31 heavy (non-hydrogen) atoms. The summed E-state index contributed by atoms with van der Waals surface area (Å²) in [5.41, 5.74) is 7.33. The average Bonchev–Trinajstić information content (AvgIpc) is 2.75. The summed E-state index contributed by atoms with van der Waals surface area (Å²) in [6, 6.07) is 4.67. The van der Waals surface area contributed by atoms with Crippen LogP contribution in [0.25, 0.3) is 5.70 Å². The molecule has 2 rings (SSSR count). The molecule has 1 aromatic carbocycles. The number of carbonyl (C=O) groups is 1. The molecule has 1 aliphatic carbocycles. The number of amides is 1. The molecule has 1 atom stereocenters. The number of nitrogens with two attached hydrogens (primary N) is 2. The fourth-order valence-electron chi connectivity index (χ4n) is 3.69. The van der Waals surface area contributed by atoms with Gasteiger partial charge in [0, 0.05) is 25.7 Å². The van der Waals surface area contributed by atoms with Gasteiger partial charge < -0.3 is 25.1 Å². The molecule has 1 aliphatic rings. The molecular weight excluding hydrogens is 399 g/mol. The lowest BCUT2D eigenvalue weighted by atomic mass is 9.98. The van der Waals surface area contributed by atoms with Gasteiger partial charge in [0.2, 0.25) is 0 Å². The third-order valence-corrected chi connectivity index (χ3v) is 5.81. The van der Waals surface area contributed by atoms with Crippen LogP contribution < -0.4 is 16.3 Å². The summed E-state index contributed by atoms with van der Waals surface area (Å²) in [7, 11) is 3.29. The monoisotopic (exact) mass is 436 g/mol. The molecule has 4 N–H and O–H groups in total. The molecule has 7 nitrogen and oxygen atoms in total. The Morgan fingerprint density at radius 1 is 1.26 bits per heavy atom. The van der Waals surface area contributed by atoms with E-state index in [1.54, 1.807) is 31.1 Å². The van der Waals surface area contributed by atoms with Crippen LogP contribution in [0.2, 0.25) is 0 Å². The van der Waals surface area contributed by atoms with Crippen LogP contribution in [-0.4, -0.2) is 48.9 Å². The number of carbonyl (C=O) groups excluding carboxylic acids is 1. The van der Waals surface area contributed by atoms with Crippen molar-refractivity contribution in [2.24, 2.45) is 11.6 Å². The van der Waals surface area contributed by atoms with Gasteiger partial charge in [0.05, 0.1) is 17.5 Å². The largest absolute Gasteiger partial charge is 0.487 e. The number of rotatable bonds is 9. The zero-order valence-corrected chi connectivity index (χ0v) is 19.2. The highest BCUT2D eigenvalue weighted by Crippen LogP contribution is 2.27. The summed E-state index contributed by atoms with van der Waals surface area (Å²) in [4.78, 5) is 13.9. The van der Waals surface area contributed by atoms with Crippen molar-refractivity contribution in [1.82, 2.24) is 9.91 Å². The topological polar surface area (TPSA) is 94.0 Å². The van der Waals surface area contributed by atoms with Gasteiger partial charge in [-0.25, -0.2) is 15.0 Å². The summed E-state index contributed by atoms with van der Waals surface area (Å²) in [5, 5.41) is 1.28. The van der Waals surface area contributed by atoms with Crippen molar-refractivity contribution in [1.29, 1.82) is 0 Å². The van der Waals surface area contributed by atoms with Gasteiger partial charge in [-0.05, 0) is 57.2 Å². The third-order valence-electron chi connectivity index (χ3n) is 5.81. The van der Waals surface area contributed by atoms with E-state index in [2.05, 4.69) is 6.92 Å². The van der Waals surface area contributed by atoms with Crippen LogP contribution in [0.5, 0.6) is 5.75 Å². The predicted molar refractivity (Wildman–Crippen MR) is 120 cm³/mol. The summed E-state index contributed by atoms with van der Waals surface area (Å²) in [6.45, 7) is 3.90. The molecule has 8 heteroatoms. The van der Waals surface area contributed by atoms with Crippen molar-refractivity contribution in [3.8, 4) is 5.75 Å². The van der Waals surface area contributed by atoms with Crippen molar-refractivity contribution in [2.75, 3.05) is 20.7 Å². The van der Waals surface area contributed by atoms with Gasteiger partial charge in [-0.15, -0.1) is 0 Å². The Hall–Kier alpha value is -2.48. The predicted octanol–water partition coefficient (Wildman–Crippen LogP) is 4.23. The quantitative estimate of drug-likeness (QED) is 0.444. The fraction of sp³-hybridized carbons (Fsp3) is 0.609. The van der Waals surface area contributed by atoms with Gasteiger partial charge in [0.1, 0.15) is 6.61 Å². The van der Waals surface area contributed by atoms with Crippen LogP contribution >= 0.6 is 0 Å². The molecule has 1 aromatic rings. The number of likely N-dealkylation sites (N-methyl/N-ethyl adjacent to an activating group) is 1. The van der Waals surface area contributed by atoms with E-state index < -0.39 is 11.9 Å². The lowest BCUT2D eigenvalue weighted by Gasteiger charge is -2.26. The van der Waals surface area contributed by atoms with Crippen LogP contribution in [0, 0.1) is 5.82 Å². The van der Waals surface area contributed by atoms with E-state index in [4.69, 9.17) is 21.1 Å². The van der Waals surface area contributed by atoms with E-state index in [0.717, 1.165) is 38.5 Å². The van der Waals surface area contributed by atoms with Crippen molar-refractivity contribution in [2.45, 2.75) is 70.9 Å². The van der Waals surface area contributed by atoms with Crippen molar-refractivity contribution in [3.63, 3.8) is 0 Å². The molecule has 1 amide bonds. The van der Waals surface area contributed by atoms with Crippen LogP contribution in [0.15, 0.2) is 23.9 Å². The van der Waals surface area contributed by atoms with Crippen LogP contribution in [0.3, 0.4) is 0 Å². The standard InChI is InChI=1S/C23H37FN4O3/c1-5-9-16(2)27(3)23(29)30-15-20(28(4)26)22(25)17-12-13-21(19(24)14-17)31-18-10-7-6-8-11-18/h12-14,16,18H,5-11,15,25-26H2,1-4H3/b22-20-. The second kappa shape index (κ2) is 11.8. The second-order valence-electron chi connectivity index (χ2n) is 8.30. The van der Waals surface area contributed by atoms with Crippen LogP contribution in [0.4, 0.5) is 9.18 Å². The minimum atomic E-state index is -0.477. The first-order chi connectivity index (χ1) is 14.7. The van der Waals surface area contributed by atoms with E-state index in [1.165, 1.54) is 17.5 Å². The molecule has 0 spiro atoms. The first-order valence-corrected chi connectivity index (χ1v) is 11.1. The van der Waals surface area contributed by atoms with Crippen molar-refractivity contribution >= 4 is 11.8 Å². The molecule has 1 saturated carbocycles. The normalized spacial score (nSPS) is 16.3.